The summed E-state index contributed by atoms with van der Waals surface area (Å²) in [7, 11) is 0. The van der Waals surface area contributed by atoms with Crippen molar-refractivity contribution in [3.8, 4) is 0 Å². The van der Waals surface area contributed by atoms with Gasteiger partial charge in [-0.05, 0) is 32.4 Å². The topological polar surface area (TPSA) is 90.3 Å². The van der Waals surface area contributed by atoms with Crippen molar-refractivity contribution in [2.24, 2.45) is 0 Å². The van der Waals surface area contributed by atoms with Gasteiger partial charge in [0.1, 0.15) is 0 Å². The van der Waals surface area contributed by atoms with Crippen LogP contribution in [0.1, 0.15) is 42.9 Å². The van der Waals surface area contributed by atoms with Crippen LogP contribution in [0.2, 0.25) is 0 Å². The molecule has 1 amide bonds. The highest BCUT2D eigenvalue weighted by Crippen LogP contribution is 2.16. The van der Waals surface area contributed by atoms with Gasteiger partial charge in [-0.2, -0.15) is 5.10 Å². The SMILES string of the molecule is CC(C)n1nc(C(=O)O[C@@H](C)C(=O)NCc2ccccc2)c2ccccc2c1=O. The Morgan fingerprint density at radius 3 is 2.28 bits per heavy atom. The van der Waals surface area contributed by atoms with Gasteiger partial charge in [0.2, 0.25) is 0 Å². The van der Waals surface area contributed by atoms with Crippen molar-refractivity contribution >= 4 is 22.6 Å². The Bertz CT molecular complexity index is 1090. The van der Waals surface area contributed by atoms with Crippen LogP contribution in [-0.4, -0.2) is 27.8 Å². The number of carbonyl (C=O) groups excluding carboxylic acids is 2. The molecule has 7 heteroatoms. The van der Waals surface area contributed by atoms with E-state index < -0.39 is 18.0 Å². The van der Waals surface area contributed by atoms with E-state index in [0.717, 1.165) is 5.56 Å². The van der Waals surface area contributed by atoms with E-state index >= 15 is 0 Å². The number of ether oxygens (including phenoxy) is 1. The van der Waals surface area contributed by atoms with Crippen LogP contribution in [0.4, 0.5) is 0 Å². The molecule has 2 aromatic carbocycles. The zero-order valence-electron chi connectivity index (χ0n) is 16.6. The maximum absolute atomic E-state index is 12.8. The molecule has 150 valence electrons. The fraction of sp³-hybridized carbons (Fsp3) is 0.273. The van der Waals surface area contributed by atoms with Gasteiger partial charge in [-0.1, -0.05) is 48.5 Å². The number of hydrogen-bond acceptors (Lipinski definition) is 5. The van der Waals surface area contributed by atoms with Gasteiger partial charge in [-0.25, -0.2) is 9.48 Å². The molecule has 0 unspecified atom stereocenters. The van der Waals surface area contributed by atoms with E-state index in [4.69, 9.17) is 4.74 Å². The summed E-state index contributed by atoms with van der Waals surface area (Å²) in [6, 6.07) is 15.9. The summed E-state index contributed by atoms with van der Waals surface area (Å²) in [4.78, 5) is 37.6. The molecular weight excluding hydrogens is 370 g/mol. The highest BCUT2D eigenvalue weighted by atomic mass is 16.5. The molecule has 29 heavy (non-hydrogen) atoms. The lowest BCUT2D eigenvalue weighted by Crippen LogP contribution is -2.36. The molecule has 1 aromatic heterocycles. The largest absolute Gasteiger partial charge is 0.448 e. The molecule has 0 saturated heterocycles. The Kier molecular flexibility index (Phi) is 6.07. The van der Waals surface area contributed by atoms with Gasteiger partial charge in [0.05, 0.1) is 11.4 Å². The molecule has 3 rings (SSSR count). The first kappa shape index (κ1) is 20.3. The monoisotopic (exact) mass is 393 g/mol. The first-order valence-electron chi connectivity index (χ1n) is 9.42. The van der Waals surface area contributed by atoms with Crippen LogP contribution in [0.5, 0.6) is 0 Å². The van der Waals surface area contributed by atoms with Crippen LogP contribution in [0.15, 0.2) is 59.4 Å². The van der Waals surface area contributed by atoms with E-state index in [9.17, 15) is 14.4 Å². The minimum atomic E-state index is -1.01. The van der Waals surface area contributed by atoms with E-state index in [1.165, 1.54) is 11.6 Å². The smallest absolute Gasteiger partial charge is 0.360 e. The fourth-order valence-electron chi connectivity index (χ4n) is 2.91. The molecule has 0 fully saturated rings. The average molecular weight is 393 g/mol. The third-order valence-corrected chi connectivity index (χ3v) is 4.47. The second kappa shape index (κ2) is 8.68. The zero-order valence-corrected chi connectivity index (χ0v) is 16.6. The summed E-state index contributed by atoms with van der Waals surface area (Å²) in [5.41, 5.74) is 0.674. The minimum Gasteiger partial charge on any atom is -0.448 e. The highest BCUT2D eigenvalue weighted by Gasteiger charge is 2.23. The predicted octanol–water partition coefficient (Wildman–Crippen LogP) is 2.84. The van der Waals surface area contributed by atoms with Crippen molar-refractivity contribution in [2.75, 3.05) is 0 Å². The molecule has 0 aliphatic rings. The average Bonchev–Trinajstić information content (AvgIpc) is 2.72. The van der Waals surface area contributed by atoms with Gasteiger partial charge >= 0.3 is 5.97 Å². The number of nitrogens with zero attached hydrogens (tertiary/aromatic N) is 2. The number of fused-ring (bicyclic) bond motifs is 1. The van der Waals surface area contributed by atoms with Crippen molar-refractivity contribution in [2.45, 2.75) is 39.5 Å². The molecule has 7 nitrogen and oxygen atoms in total. The summed E-state index contributed by atoms with van der Waals surface area (Å²) in [5, 5.41) is 7.72. The molecule has 1 atom stereocenters. The second-order valence-corrected chi connectivity index (χ2v) is 6.99. The fourth-order valence-corrected chi connectivity index (χ4v) is 2.91. The molecule has 0 spiro atoms. The molecule has 0 aliphatic carbocycles. The lowest BCUT2D eigenvalue weighted by molar-refractivity contribution is -0.129. The molecule has 0 aliphatic heterocycles. The second-order valence-electron chi connectivity index (χ2n) is 6.99. The normalized spacial score (nSPS) is 12.0. The van der Waals surface area contributed by atoms with Crippen molar-refractivity contribution in [1.29, 1.82) is 0 Å². The molecule has 3 aromatic rings. The number of rotatable bonds is 6. The minimum absolute atomic E-state index is 0.0107. The third-order valence-electron chi connectivity index (χ3n) is 4.47. The Morgan fingerprint density at radius 1 is 1.00 bits per heavy atom. The van der Waals surface area contributed by atoms with Gasteiger partial charge in [0.25, 0.3) is 11.5 Å². The Morgan fingerprint density at radius 2 is 1.62 bits per heavy atom. The number of aromatic nitrogens is 2. The molecule has 0 radical (unpaired) electrons. The van der Waals surface area contributed by atoms with Crippen LogP contribution in [-0.2, 0) is 16.1 Å². The van der Waals surface area contributed by atoms with Gasteiger partial charge in [-0.3, -0.25) is 9.59 Å². The van der Waals surface area contributed by atoms with Crippen molar-refractivity contribution in [3.05, 3.63) is 76.2 Å². The van der Waals surface area contributed by atoms with E-state index in [1.807, 2.05) is 30.3 Å². The summed E-state index contributed by atoms with van der Waals surface area (Å²) >= 11 is 0. The molecule has 1 N–H and O–H groups in total. The van der Waals surface area contributed by atoms with E-state index in [0.29, 0.717) is 17.3 Å². The maximum Gasteiger partial charge on any atom is 0.360 e. The molecule has 0 bridgehead atoms. The van der Waals surface area contributed by atoms with Gasteiger partial charge in [-0.15, -0.1) is 0 Å². The van der Waals surface area contributed by atoms with Crippen LogP contribution in [0, 0.1) is 0 Å². The number of benzene rings is 2. The number of nitrogens with one attached hydrogen (secondary N) is 1. The number of amides is 1. The van der Waals surface area contributed by atoms with Crippen molar-refractivity contribution in [3.63, 3.8) is 0 Å². The Balaban J connectivity index is 1.79. The van der Waals surface area contributed by atoms with Gasteiger partial charge in [0, 0.05) is 11.9 Å². The van der Waals surface area contributed by atoms with Crippen molar-refractivity contribution in [1.82, 2.24) is 15.1 Å². The lowest BCUT2D eigenvalue weighted by atomic mass is 10.1. The lowest BCUT2D eigenvalue weighted by Gasteiger charge is -2.16. The van der Waals surface area contributed by atoms with E-state index in [2.05, 4.69) is 10.4 Å². The Labute approximate surface area is 168 Å². The summed E-state index contributed by atoms with van der Waals surface area (Å²) in [5.74, 6) is -1.17. The predicted molar refractivity (Wildman–Crippen MR) is 110 cm³/mol. The first-order valence-corrected chi connectivity index (χ1v) is 9.42. The van der Waals surface area contributed by atoms with E-state index in [-0.39, 0.29) is 17.3 Å². The summed E-state index contributed by atoms with van der Waals surface area (Å²) < 4.78 is 6.59. The van der Waals surface area contributed by atoms with Crippen molar-refractivity contribution < 1.29 is 14.3 Å². The zero-order chi connectivity index (χ0) is 21.0. The number of carbonyl (C=O) groups is 2. The Hall–Kier alpha value is -3.48. The third kappa shape index (κ3) is 4.51. The van der Waals surface area contributed by atoms with Crippen LogP contribution in [0.25, 0.3) is 10.8 Å². The summed E-state index contributed by atoms with van der Waals surface area (Å²) in [6.07, 6.45) is -1.01. The van der Waals surface area contributed by atoms with Gasteiger partial charge < -0.3 is 10.1 Å². The number of hydrogen-bond donors (Lipinski definition) is 1. The van der Waals surface area contributed by atoms with Gasteiger partial charge in [0.15, 0.2) is 11.8 Å². The molecular formula is C22H23N3O4. The summed E-state index contributed by atoms with van der Waals surface area (Å²) in [6.45, 7) is 5.44. The molecule has 0 saturated carbocycles. The molecule has 1 heterocycles. The standard InChI is InChI=1S/C22H23N3O4/c1-14(2)25-21(27)18-12-8-7-11-17(18)19(24-25)22(28)29-15(3)20(26)23-13-16-9-5-4-6-10-16/h4-12,14-15H,13H2,1-3H3,(H,23,26)/t15-/m0/s1. The van der Waals surface area contributed by atoms with E-state index in [1.54, 1.807) is 38.1 Å². The maximum atomic E-state index is 12.8. The van der Waals surface area contributed by atoms with Crippen LogP contribution >= 0.6 is 0 Å². The first-order chi connectivity index (χ1) is 13.9. The highest BCUT2D eigenvalue weighted by molar-refractivity contribution is 6.02. The number of esters is 1. The van der Waals surface area contributed by atoms with Crippen LogP contribution < -0.4 is 10.9 Å². The van der Waals surface area contributed by atoms with Crippen LogP contribution in [0.3, 0.4) is 0 Å². The quantitative estimate of drug-likeness (QED) is 0.651.